The SMILES string of the molecule is CC1(O)C=CCC1. The third-order valence-corrected chi connectivity index (χ3v) is 1.29. The van der Waals surface area contributed by atoms with Crippen LogP contribution in [0.2, 0.25) is 0 Å². The second-order valence-corrected chi connectivity index (χ2v) is 2.30. The van der Waals surface area contributed by atoms with Crippen molar-refractivity contribution in [1.29, 1.82) is 0 Å². The number of aliphatic hydroxyl groups is 1. The van der Waals surface area contributed by atoms with Crippen LogP contribution in [0.4, 0.5) is 0 Å². The predicted octanol–water partition coefficient (Wildman–Crippen LogP) is 1.09. The highest BCUT2D eigenvalue weighted by molar-refractivity contribution is 5.05. The summed E-state index contributed by atoms with van der Waals surface area (Å²) in [5, 5.41) is 9.11. The fourth-order valence-electron chi connectivity index (χ4n) is 0.796. The molecule has 1 heteroatoms. The molecule has 1 rings (SSSR count). The van der Waals surface area contributed by atoms with Gasteiger partial charge in [0.2, 0.25) is 0 Å². The lowest BCUT2D eigenvalue weighted by Crippen LogP contribution is -2.15. The van der Waals surface area contributed by atoms with E-state index < -0.39 is 5.60 Å². The molecule has 0 aromatic carbocycles. The molecule has 1 unspecified atom stereocenters. The van der Waals surface area contributed by atoms with Gasteiger partial charge in [-0.3, -0.25) is 0 Å². The Morgan fingerprint density at radius 3 is 2.57 bits per heavy atom. The van der Waals surface area contributed by atoms with Gasteiger partial charge in [0.25, 0.3) is 0 Å². The van der Waals surface area contributed by atoms with Gasteiger partial charge >= 0.3 is 0 Å². The normalized spacial score (nSPS) is 39.7. The molecule has 1 N–H and O–H groups in total. The van der Waals surface area contributed by atoms with Crippen LogP contribution in [0.5, 0.6) is 0 Å². The summed E-state index contributed by atoms with van der Waals surface area (Å²) in [7, 11) is 0. The lowest BCUT2D eigenvalue weighted by Gasteiger charge is -2.10. The molecule has 0 saturated carbocycles. The highest BCUT2D eigenvalue weighted by Crippen LogP contribution is 2.20. The van der Waals surface area contributed by atoms with E-state index in [1.165, 1.54) is 0 Å². The van der Waals surface area contributed by atoms with Crippen LogP contribution in [0.15, 0.2) is 12.2 Å². The van der Waals surface area contributed by atoms with Crippen LogP contribution in [0, 0.1) is 0 Å². The maximum atomic E-state index is 9.11. The molecule has 40 valence electrons. The maximum absolute atomic E-state index is 9.11. The largest absolute Gasteiger partial charge is 0.386 e. The maximum Gasteiger partial charge on any atom is 0.0802 e. The first-order valence-electron chi connectivity index (χ1n) is 2.61. The third-order valence-electron chi connectivity index (χ3n) is 1.29. The lowest BCUT2D eigenvalue weighted by atomic mass is 10.1. The van der Waals surface area contributed by atoms with Crippen molar-refractivity contribution < 1.29 is 5.11 Å². The molecule has 1 nitrogen and oxygen atoms in total. The zero-order chi connectivity index (χ0) is 5.33. The molecule has 0 bridgehead atoms. The molecular formula is C6H10O. The van der Waals surface area contributed by atoms with E-state index in [-0.39, 0.29) is 0 Å². The molecule has 0 aliphatic heterocycles. The first-order valence-corrected chi connectivity index (χ1v) is 2.61. The second kappa shape index (κ2) is 1.34. The van der Waals surface area contributed by atoms with E-state index in [9.17, 15) is 0 Å². The van der Waals surface area contributed by atoms with Crippen LogP contribution in [0.1, 0.15) is 19.8 Å². The Bertz CT molecular complexity index is 92.4. The van der Waals surface area contributed by atoms with Gasteiger partial charge in [0.1, 0.15) is 0 Å². The lowest BCUT2D eigenvalue weighted by molar-refractivity contribution is 0.112. The van der Waals surface area contributed by atoms with Gasteiger partial charge in [-0.05, 0) is 19.8 Å². The smallest absolute Gasteiger partial charge is 0.0802 e. The van der Waals surface area contributed by atoms with E-state index >= 15 is 0 Å². The van der Waals surface area contributed by atoms with E-state index in [1.807, 2.05) is 19.1 Å². The summed E-state index contributed by atoms with van der Waals surface area (Å²) in [5.41, 5.74) is -0.486. The van der Waals surface area contributed by atoms with Crippen molar-refractivity contribution in [3.05, 3.63) is 12.2 Å². The summed E-state index contributed by atoms with van der Waals surface area (Å²) >= 11 is 0. The van der Waals surface area contributed by atoms with Gasteiger partial charge in [0, 0.05) is 0 Å². The minimum Gasteiger partial charge on any atom is -0.386 e. The van der Waals surface area contributed by atoms with Crippen molar-refractivity contribution in [2.24, 2.45) is 0 Å². The highest BCUT2D eigenvalue weighted by Gasteiger charge is 2.18. The Morgan fingerprint density at radius 1 is 1.71 bits per heavy atom. The van der Waals surface area contributed by atoms with E-state index in [2.05, 4.69) is 0 Å². The van der Waals surface area contributed by atoms with E-state index in [4.69, 9.17) is 5.11 Å². The molecule has 0 aromatic rings. The first-order chi connectivity index (χ1) is 3.21. The fourth-order valence-corrected chi connectivity index (χ4v) is 0.796. The van der Waals surface area contributed by atoms with E-state index in [0.717, 1.165) is 12.8 Å². The first kappa shape index (κ1) is 4.85. The van der Waals surface area contributed by atoms with E-state index in [0.29, 0.717) is 0 Å². The van der Waals surface area contributed by atoms with Gasteiger partial charge in [-0.15, -0.1) is 0 Å². The van der Waals surface area contributed by atoms with Crippen LogP contribution < -0.4 is 0 Å². The average molecular weight is 98.1 g/mol. The molecule has 0 heterocycles. The molecule has 0 radical (unpaired) electrons. The molecule has 0 spiro atoms. The molecule has 1 atom stereocenters. The molecule has 1 aliphatic carbocycles. The van der Waals surface area contributed by atoms with Crippen molar-refractivity contribution in [3.63, 3.8) is 0 Å². The van der Waals surface area contributed by atoms with Crippen LogP contribution in [-0.4, -0.2) is 10.7 Å². The summed E-state index contributed by atoms with van der Waals surface area (Å²) in [6.07, 6.45) is 5.80. The van der Waals surface area contributed by atoms with Crippen molar-refractivity contribution >= 4 is 0 Å². The molecular weight excluding hydrogens is 88.1 g/mol. The molecule has 7 heavy (non-hydrogen) atoms. The summed E-state index contributed by atoms with van der Waals surface area (Å²) in [6.45, 7) is 1.83. The third kappa shape index (κ3) is 1.03. The Hall–Kier alpha value is -0.300. The average Bonchev–Trinajstić information content (AvgIpc) is 1.84. The van der Waals surface area contributed by atoms with Crippen LogP contribution in [0.3, 0.4) is 0 Å². The van der Waals surface area contributed by atoms with Crippen LogP contribution in [-0.2, 0) is 0 Å². The van der Waals surface area contributed by atoms with Gasteiger partial charge in [-0.1, -0.05) is 12.2 Å². The Labute approximate surface area is 43.7 Å². The second-order valence-electron chi connectivity index (χ2n) is 2.30. The minimum absolute atomic E-state index is 0.486. The molecule has 0 amide bonds. The van der Waals surface area contributed by atoms with Crippen LogP contribution in [0.25, 0.3) is 0 Å². The molecule has 1 aliphatic rings. The number of allylic oxidation sites excluding steroid dienone is 1. The van der Waals surface area contributed by atoms with Crippen molar-refractivity contribution in [3.8, 4) is 0 Å². The number of hydrogen-bond donors (Lipinski definition) is 1. The zero-order valence-corrected chi connectivity index (χ0v) is 4.52. The Kier molecular flexibility index (Phi) is 0.927. The standard InChI is InChI=1S/C6H10O/c1-6(7)4-2-3-5-6/h2,4,7H,3,5H2,1H3. The highest BCUT2D eigenvalue weighted by atomic mass is 16.3. The Morgan fingerprint density at radius 2 is 2.43 bits per heavy atom. The predicted molar refractivity (Wildman–Crippen MR) is 29.0 cm³/mol. The topological polar surface area (TPSA) is 20.2 Å². The van der Waals surface area contributed by atoms with Crippen molar-refractivity contribution in [2.75, 3.05) is 0 Å². The fraction of sp³-hybridized carbons (Fsp3) is 0.667. The molecule has 0 fully saturated rings. The summed E-state index contributed by atoms with van der Waals surface area (Å²) in [5.74, 6) is 0. The summed E-state index contributed by atoms with van der Waals surface area (Å²) < 4.78 is 0. The van der Waals surface area contributed by atoms with Gasteiger partial charge in [0.15, 0.2) is 0 Å². The van der Waals surface area contributed by atoms with Crippen LogP contribution >= 0.6 is 0 Å². The number of hydrogen-bond acceptors (Lipinski definition) is 1. The van der Waals surface area contributed by atoms with Gasteiger partial charge in [-0.25, -0.2) is 0 Å². The minimum atomic E-state index is -0.486. The molecule has 0 saturated heterocycles. The zero-order valence-electron chi connectivity index (χ0n) is 4.52. The summed E-state index contributed by atoms with van der Waals surface area (Å²) in [6, 6.07) is 0. The summed E-state index contributed by atoms with van der Waals surface area (Å²) in [4.78, 5) is 0. The Balaban J connectivity index is 2.57. The number of rotatable bonds is 0. The monoisotopic (exact) mass is 98.1 g/mol. The van der Waals surface area contributed by atoms with Gasteiger partial charge in [-0.2, -0.15) is 0 Å². The van der Waals surface area contributed by atoms with Crippen molar-refractivity contribution in [2.45, 2.75) is 25.4 Å². The van der Waals surface area contributed by atoms with Crippen molar-refractivity contribution in [1.82, 2.24) is 0 Å². The quantitative estimate of drug-likeness (QED) is 0.449. The van der Waals surface area contributed by atoms with Gasteiger partial charge < -0.3 is 5.11 Å². The molecule has 0 aromatic heterocycles. The van der Waals surface area contributed by atoms with E-state index in [1.54, 1.807) is 0 Å². The van der Waals surface area contributed by atoms with Gasteiger partial charge in [0.05, 0.1) is 5.60 Å².